The molecule has 22 heavy (non-hydrogen) atoms. The van der Waals surface area contributed by atoms with Crippen LogP contribution in [0.1, 0.15) is 5.56 Å². The zero-order valence-electron chi connectivity index (χ0n) is 11.6. The molecule has 1 atom stereocenters. The molecule has 6 heteroatoms. The van der Waals surface area contributed by atoms with Crippen LogP contribution in [0.3, 0.4) is 0 Å². The maximum atomic E-state index is 9.93. The fraction of sp³-hybridized carbons (Fsp3) is 0.250. The lowest BCUT2D eigenvalue weighted by Crippen LogP contribution is -2.20. The monoisotopic (exact) mass is 376 g/mol. The van der Waals surface area contributed by atoms with Crippen LogP contribution in [-0.4, -0.2) is 23.6 Å². The van der Waals surface area contributed by atoms with Crippen molar-refractivity contribution in [2.45, 2.75) is 11.9 Å². The zero-order valence-corrected chi connectivity index (χ0v) is 14.7. The highest BCUT2D eigenvalue weighted by molar-refractivity contribution is 7.98. The zero-order chi connectivity index (χ0) is 15.9. The maximum Gasteiger partial charge on any atom is 0.121 e. The molecule has 0 aromatic heterocycles. The minimum atomic E-state index is -0.549. The van der Waals surface area contributed by atoms with Gasteiger partial charge in [-0.1, -0.05) is 46.9 Å². The van der Waals surface area contributed by atoms with Gasteiger partial charge in [-0.3, -0.25) is 0 Å². The predicted octanol–water partition coefficient (Wildman–Crippen LogP) is 5.32. The summed E-state index contributed by atoms with van der Waals surface area (Å²) < 4.78 is 5.50. The summed E-state index contributed by atoms with van der Waals surface area (Å²) >= 11 is 19.2. The molecule has 1 unspecified atom stereocenters. The third-order valence-corrected chi connectivity index (χ3v) is 4.97. The van der Waals surface area contributed by atoms with Crippen molar-refractivity contribution in [2.75, 3.05) is 12.4 Å². The second kappa shape index (κ2) is 8.90. The molecule has 0 saturated heterocycles. The Morgan fingerprint density at radius 3 is 2.41 bits per heavy atom. The van der Waals surface area contributed by atoms with E-state index in [0.29, 0.717) is 21.5 Å². The van der Waals surface area contributed by atoms with Crippen molar-refractivity contribution in [3.63, 3.8) is 0 Å². The van der Waals surface area contributed by atoms with Gasteiger partial charge in [-0.15, -0.1) is 0 Å². The third kappa shape index (κ3) is 5.90. The number of thioether (sulfide) groups is 1. The van der Waals surface area contributed by atoms with Gasteiger partial charge in [0.25, 0.3) is 0 Å². The van der Waals surface area contributed by atoms with E-state index in [9.17, 15) is 5.11 Å². The molecule has 0 radical (unpaired) electrons. The Morgan fingerprint density at radius 2 is 1.73 bits per heavy atom. The van der Waals surface area contributed by atoms with Crippen LogP contribution in [0.25, 0.3) is 0 Å². The normalized spacial score (nSPS) is 12.2. The molecule has 0 heterocycles. The SMILES string of the molecule is OC(COc1ccc(Cl)c(Cl)c1)CSCc1ccc(Cl)cc1. The third-order valence-electron chi connectivity index (χ3n) is 2.83. The molecule has 2 nitrogen and oxygen atoms in total. The number of benzene rings is 2. The number of ether oxygens (including phenoxy) is 1. The maximum absolute atomic E-state index is 9.93. The Bertz CT molecular complexity index is 605. The fourth-order valence-corrected chi connectivity index (χ4v) is 3.03. The Kier molecular flexibility index (Phi) is 7.19. The number of aliphatic hydroxyl groups is 1. The van der Waals surface area contributed by atoms with Gasteiger partial charge in [-0.2, -0.15) is 11.8 Å². The van der Waals surface area contributed by atoms with Gasteiger partial charge in [0.1, 0.15) is 12.4 Å². The Balaban J connectivity index is 1.70. The smallest absolute Gasteiger partial charge is 0.121 e. The van der Waals surface area contributed by atoms with E-state index in [1.807, 2.05) is 24.3 Å². The molecular weight excluding hydrogens is 363 g/mol. The summed E-state index contributed by atoms with van der Waals surface area (Å²) in [5, 5.41) is 11.6. The van der Waals surface area contributed by atoms with Crippen LogP contribution < -0.4 is 4.74 Å². The Labute approximate surface area is 149 Å². The molecule has 2 aromatic rings. The lowest BCUT2D eigenvalue weighted by atomic mass is 10.2. The van der Waals surface area contributed by atoms with Gasteiger partial charge in [-0.25, -0.2) is 0 Å². The molecule has 0 aliphatic rings. The molecule has 1 N–H and O–H groups in total. The fourth-order valence-electron chi connectivity index (χ4n) is 1.70. The number of rotatable bonds is 7. The van der Waals surface area contributed by atoms with Gasteiger partial charge >= 0.3 is 0 Å². The molecule has 0 fully saturated rings. The average Bonchev–Trinajstić information content (AvgIpc) is 2.50. The Morgan fingerprint density at radius 1 is 1.00 bits per heavy atom. The van der Waals surface area contributed by atoms with E-state index < -0.39 is 6.10 Å². The summed E-state index contributed by atoms with van der Waals surface area (Å²) in [5.74, 6) is 2.00. The molecule has 118 valence electrons. The first kappa shape index (κ1) is 17.8. The highest BCUT2D eigenvalue weighted by Crippen LogP contribution is 2.26. The van der Waals surface area contributed by atoms with E-state index in [1.165, 1.54) is 5.56 Å². The summed E-state index contributed by atoms with van der Waals surface area (Å²) in [5.41, 5.74) is 1.17. The minimum Gasteiger partial charge on any atom is -0.491 e. The summed E-state index contributed by atoms with van der Waals surface area (Å²) in [4.78, 5) is 0. The summed E-state index contributed by atoms with van der Waals surface area (Å²) in [7, 11) is 0. The van der Waals surface area contributed by atoms with Gasteiger partial charge in [0, 0.05) is 22.6 Å². The van der Waals surface area contributed by atoms with Gasteiger partial charge in [0.05, 0.1) is 16.1 Å². The lowest BCUT2D eigenvalue weighted by molar-refractivity contribution is 0.126. The summed E-state index contributed by atoms with van der Waals surface area (Å²) in [6.07, 6.45) is -0.549. The quantitative estimate of drug-likeness (QED) is 0.708. The van der Waals surface area contributed by atoms with E-state index in [4.69, 9.17) is 39.5 Å². The topological polar surface area (TPSA) is 29.5 Å². The van der Waals surface area contributed by atoms with Crippen LogP contribution in [0.15, 0.2) is 42.5 Å². The molecule has 0 aliphatic carbocycles. The lowest BCUT2D eigenvalue weighted by Gasteiger charge is -2.12. The molecular formula is C16H15Cl3O2S. The van der Waals surface area contributed by atoms with Crippen molar-refractivity contribution in [1.29, 1.82) is 0 Å². The molecule has 0 spiro atoms. The average molecular weight is 378 g/mol. The van der Waals surface area contributed by atoms with Crippen molar-refractivity contribution in [3.8, 4) is 5.75 Å². The van der Waals surface area contributed by atoms with Crippen LogP contribution in [0, 0.1) is 0 Å². The molecule has 0 saturated carbocycles. The van der Waals surface area contributed by atoms with Gasteiger partial charge in [-0.05, 0) is 29.8 Å². The van der Waals surface area contributed by atoms with Crippen LogP contribution in [-0.2, 0) is 5.75 Å². The number of aliphatic hydroxyl groups excluding tert-OH is 1. The molecule has 2 rings (SSSR count). The van der Waals surface area contributed by atoms with Crippen molar-refractivity contribution in [1.82, 2.24) is 0 Å². The van der Waals surface area contributed by atoms with Crippen LogP contribution in [0.4, 0.5) is 0 Å². The van der Waals surface area contributed by atoms with Gasteiger partial charge in [0.2, 0.25) is 0 Å². The first-order chi connectivity index (χ1) is 10.5. The van der Waals surface area contributed by atoms with Crippen molar-refractivity contribution in [2.24, 2.45) is 0 Å². The van der Waals surface area contributed by atoms with Gasteiger partial charge in [0.15, 0.2) is 0 Å². The first-order valence-electron chi connectivity index (χ1n) is 6.62. The van der Waals surface area contributed by atoms with Crippen molar-refractivity contribution < 1.29 is 9.84 Å². The van der Waals surface area contributed by atoms with Crippen molar-refractivity contribution in [3.05, 3.63) is 63.1 Å². The largest absolute Gasteiger partial charge is 0.491 e. The highest BCUT2D eigenvalue weighted by Gasteiger charge is 2.07. The van der Waals surface area contributed by atoms with Crippen LogP contribution in [0.5, 0.6) is 5.75 Å². The second-order valence-corrected chi connectivity index (χ2v) is 6.96. The Hall–Kier alpha value is -0.580. The standard InChI is InChI=1S/C16H15Cl3O2S/c17-12-3-1-11(2-4-12)9-22-10-13(20)8-21-14-5-6-15(18)16(19)7-14/h1-7,13,20H,8-10H2. The molecule has 2 aromatic carbocycles. The van der Waals surface area contributed by atoms with E-state index in [-0.39, 0.29) is 6.61 Å². The van der Waals surface area contributed by atoms with Crippen molar-refractivity contribution >= 4 is 46.6 Å². The molecule has 0 aliphatic heterocycles. The van der Waals surface area contributed by atoms with Crippen LogP contribution >= 0.6 is 46.6 Å². The predicted molar refractivity (Wildman–Crippen MR) is 95.6 cm³/mol. The second-order valence-electron chi connectivity index (χ2n) is 4.68. The number of halogens is 3. The highest BCUT2D eigenvalue weighted by atomic mass is 35.5. The molecule has 0 amide bonds. The number of hydrogen-bond acceptors (Lipinski definition) is 3. The van der Waals surface area contributed by atoms with E-state index in [1.54, 1.807) is 30.0 Å². The first-order valence-corrected chi connectivity index (χ1v) is 8.91. The van der Waals surface area contributed by atoms with E-state index in [2.05, 4.69) is 0 Å². The van der Waals surface area contributed by atoms with Gasteiger partial charge < -0.3 is 9.84 Å². The van der Waals surface area contributed by atoms with E-state index >= 15 is 0 Å². The minimum absolute atomic E-state index is 0.214. The van der Waals surface area contributed by atoms with E-state index in [0.717, 1.165) is 10.8 Å². The number of hydrogen-bond donors (Lipinski definition) is 1. The molecule has 0 bridgehead atoms. The van der Waals surface area contributed by atoms with Crippen LogP contribution in [0.2, 0.25) is 15.1 Å². The summed E-state index contributed by atoms with van der Waals surface area (Å²) in [6, 6.07) is 12.7. The summed E-state index contributed by atoms with van der Waals surface area (Å²) in [6.45, 7) is 0.214.